The molecule has 3 aliphatic rings. The van der Waals surface area contributed by atoms with Crippen molar-refractivity contribution in [3.63, 3.8) is 0 Å². The summed E-state index contributed by atoms with van der Waals surface area (Å²) in [5.41, 5.74) is 1.41. The van der Waals surface area contributed by atoms with Crippen LogP contribution in [-0.4, -0.2) is 76.6 Å². The van der Waals surface area contributed by atoms with Crippen molar-refractivity contribution >= 4 is 0 Å². The zero-order valence-electron chi connectivity index (χ0n) is 12.4. The Morgan fingerprint density at radius 1 is 1.10 bits per heavy atom. The van der Waals surface area contributed by atoms with E-state index < -0.39 is 0 Å². The van der Waals surface area contributed by atoms with E-state index in [0.29, 0.717) is 0 Å². The summed E-state index contributed by atoms with van der Waals surface area (Å²) in [5, 5.41) is 0. The summed E-state index contributed by atoms with van der Waals surface area (Å²) >= 11 is 0. The Labute approximate surface area is 121 Å². The van der Waals surface area contributed by atoms with Gasteiger partial charge in [-0.25, -0.2) is 4.98 Å². The molecular formula is C15H25N5. The molecule has 1 aromatic rings. The van der Waals surface area contributed by atoms with Gasteiger partial charge in [0, 0.05) is 64.1 Å². The topological polar surface area (TPSA) is 27.5 Å². The molecule has 110 valence electrons. The van der Waals surface area contributed by atoms with Crippen LogP contribution in [0.3, 0.4) is 0 Å². The second-order valence-corrected chi connectivity index (χ2v) is 6.71. The summed E-state index contributed by atoms with van der Waals surface area (Å²) in [6.07, 6.45) is 6.76. The lowest BCUT2D eigenvalue weighted by molar-refractivity contribution is 0.00439. The van der Waals surface area contributed by atoms with Crippen molar-refractivity contribution < 1.29 is 0 Å². The van der Waals surface area contributed by atoms with Gasteiger partial charge in [-0.3, -0.25) is 9.80 Å². The predicted molar refractivity (Wildman–Crippen MR) is 78.6 cm³/mol. The minimum atomic E-state index is 0.752. The molecule has 0 radical (unpaired) electrons. The number of hydrogen-bond acceptors (Lipinski definition) is 4. The molecule has 3 fully saturated rings. The van der Waals surface area contributed by atoms with Crippen molar-refractivity contribution in [2.45, 2.75) is 31.5 Å². The van der Waals surface area contributed by atoms with Gasteiger partial charge in [0.05, 0.1) is 12.0 Å². The summed E-state index contributed by atoms with van der Waals surface area (Å²) in [7, 11) is 2.23. The van der Waals surface area contributed by atoms with E-state index in [1.54, 1.807) is 0 Å². The first-order valence-electron chi connectivity index (χ1n) is 7.95. The van der Waals surface area contributed by atoms with Gasteiger partial charge in [-0.15, -0.1) is 0 Å². The third kappa shape index (κ3) is 2.50. The maximum atomic E-state index is 4.33. The molecule has 0 amide bonds. The molecule has 2 aliphatic heterocycles. The highest BCUT2D eigenvalue weighted by Gasteiger charge is 2.34. The number of piperazine rings is 1. The first-order valence-corrected chi connectivity index (χ1v) is 7.95. The molecule has 0 atom stereocenters. The van der Waals surface area contributed by atoms with Gasteiger partial charge in [-0.2, -0.15) is 0 Å². The van der Waals surface area contributed by atoms with Crippen LogP contribution in [0.5, 0.6) is 0 Å². The van der Waals surface area contributed by atoms with E-state index >= 15 is 0 Å². The third-order valence-corrected chi connectivity index (χ3v) is 5.06. The van der Waals surface area contributed by atoms with Crippen molar-refractivity contribution in [2.75, 3.05) is 46.3 Å². The van der Waals surface area contributed by atoms with E-state index in [9.17, 15) is 0 Å². The molecule has 20 heavy (non-hydrogen) atoms. The van der Waals surface area contributed by atoms with Crippen molar-refractivity contribution in [3.8, 4) is 0 Å². The predicted octanol–water partition coefficient (Wildman–Crippen LogP) is 0.650. The van der Waals surface area contributed by atoms with Crippen LogP contribution in [0.25, 0.3) is 0 Å². The zero-order valence-corrected chi connectivity index (χ0v) is 12.4. The fraction of sp³-hybridized carbons (Fsp3) is 0.800. The molecule has 5 heteroatoms. The van der Waals surface area contributed by atoms with E-state index in [4.69, 9.17) is 0 Å². The van der Waals surface area contributed by atoms with Gasteiger partial charge >= 0.3 is 0 Å². The summed E-state index contributed by atoms with van der Waals surface area (Å²) in [6, 6.07) is 1.54. The second kappa shape index (κ2) is 5.13. The third-order valence-electron chi connectivity index (χ3n) is 5.06. The highest BCUT2D eigenvalue weighted by molar-refractivity contribution is 5.05. The van der Waals surface area contributed by atoms with E-state index in [1.165, 1.54) is 57.8 Å². The van der Waals surface area contributed by atoms with Crippen molar-refractivity contribution in [1.29, 1.82) is 0 Å². The monoisotopic (exact) mass is 275 g/mol. The Morgan fingerprint density at radius 3 is 2.55 bits per heavy atom. The van der Waals surface area contributed by atoms with Crippen molar-refractivity contribution in [2.24, 2.45) is 0 Å². The molecule has 1 aliphatic carbocycles. The fourth-order valence-electron chi connectivity index (χ4n) is 3.45. The first-order chi connectivity index (χ1) is 9.79. The van der Waals surface area contributed by atoms with Gasteiger partial charge in [0.15, 0.2) is 0 Å². The highest BCUT2D eigenvalue weighted by Crippen LogP contribution is 2.36. The molecular weight excluding hydrogens is 250 g/mol. The summed E-state index contributed by atoms with van der Waals surface area (Å²) in [6.45, 7) is 8.50. The highest BCUT2D eigenvalue weighted by atomic mass is 15.3. The molecule has 4 rings (SSSR count). The molecule has 0 bridgehead atoms. The number of rotatable bonds is 4. The molecule has 3 heterocycles. The SMILES string of the molecule is CN1CCN(C2CN(Cc3cncn3C3CC3)C2)CC1. The lowest BCUT2D eigenvalue weighted by atomic mass is 10.1. The van der Waals surface area contributed by atoms with Crippen LogP contribution in [0, 0.1) is 0 Å². The first kappa shape index (κ1) is 12.8. The maximum Gasteiger partial charge on any atom is 0.0951 e. The van der Waals surface area contributed by atoms with Crippen LogP contribution in [0.2, 0.25) is 0 Å². The maximum absolute atomic E-state index is 4.33. The Bertz CT molecular complexity index is 453. The van der Waals surface area contributed by atoms with Gasteiger partial charge in [-0.05, 0) is 19.9 Å². The van der Waals surface area contributed by atoms with Gasteiger partial charge in [0.25, 0.3) is 0 Å². The Morgan fingerprint density at radius 2 is 1.85 bits per heavy atom. The summed E-state index contributed by atoms with van der Waals surface area (Å²) in [5.74, 6) is 0. The number of likely N-dealkylation sites (tertiary alicyclic amines) is 1. The van der Waals surface area contributed by atoms with E-state index in [2.05, 4.69) is 37.5 Å². The van der Waals surface area contributed by atoms with Crippen LogP contribution >= 0.6 is 0 Å². The van der Waals surface area contributed by atoms with Gasteiger partial charge < -0.3 is 9.47 Å². The largest absolute Gasteiger partial charge is 0.330 e. The number of hydrogen-bond donors (Lipinski definition) is 0. The summed E-state index contributed by atoms with van der Waals surface area (Å²) in [4.78, 5) is 12.0. The summed E-state index contributed by atoms with van der Waals surface area (Å²) < 4.78 is 2.39. The van der Waals surface area contributed by atoms with Gasteiger partial charge in [-0.1, -0.05) is 0 Å². The number of nitrogens with zero attached hydrogens (tertiary/aromatic N) is 5. The Balaban J connectivity index is 1.27. The van der Waals surface area contributed by atoms with Gasteiger partial charge in [0.1, 0.15) is 0 Å². The Hall–Kier alpha value is -0.910. The number of likely N-dealkylation sites (N-methyl/N-ethyl adjacent to an activating group) is 1. The number of imidazole rings is 1. The second-order valence-electron chi connectivity index (χ2n) is 6.71. The van der Waals surface area contributed by atoms with Crippen LogP contribution in [0.15, 0.2) is 12.5 Å². The van der Waals surface area contributed by atoms with Crippen LogP contribution in [0.1, 0.15) is 24.6 Å². The normalized spacial score (nSPS) is 26.9. The standard InChI is InChI=1S/C15H25N5/c1-17-4-6-19(7-5-17)15-10-18(11-15)9-14-8-16-12-20(14)13-2-3-13/h8,12-13,15H,2-7,9-11H2,1H3. The average molecular weight is 275 g/mol. The molecule has 2 saturated heterocycles. The Kier molecular flexibility index (Phi) is 3.28. The average Bonchev–Trinajstić information content (AvgIpc) is 3.15. The lowest BCUT2D eigenvalue weighted by Gasteiger charge is -2.47. The van der Waals surface area contributed by atoms with Crippen LogP contribution in [-0.2, 0) is 6.54 Å². The minimum Gasteiger partial charge on any atom is -0.330 e. The molecule has 0 aromatic carbocycles. The molecule has 0 unspecified atom stereocenters. The molecule has 1 aromatic heterocycles. The fourth-order valence-corrected chi connectivity index (χ4v) is 3.45. The zero-order chi connectivity index (χ0) is 13.5. The van der Waals surface area contributed by atoms with Gasteiger partial charge in [0.2, 0.25) is 0 Å². The van der Waals surface area contributed by atoms with E-state index in [0.717, 1.165) is 18.6 Å². The van der Waals surface area contributed by atoms with Crippen LogP contribution in [0.4, 0.5) is 0 Å². The lowest BCUT2D eigenvalue weighted by Crippen LogP contribution is -2.62. The van der Waals surface area contributed by atoms with E-state index in [1.807, 2.05) is 6.33 Å². The molecule has 0 spiro atoms. The molecule has 0 N–H and O–H groups in total. The van der Waals surface area contributed by atoms with Crippen molar-refractivity contribution in [3.05, 3.63) is 18.2 Å². The smallest absolute Gasteiger partial charge is 0.0951 e. The molecule has 1 saturated carbocycles. The molecule has 5 nitrogen and oxygen atoms in total. The van der Waals surface area contributed by atoms with Crippen molar-refractivity contribution in [1.82, 2.24) is 24.3 Å². The van der Waals surface area contributed by atoms with E-state index in [-0.39, 0.29) is 0 Å². The number of aromatic nitrogens is 2. The van der Waals surface area contributed by atoms with Crippen LogP contribution < -0.4 is 0 Å². The quantitative estimate of drug-likeness (QED) is 0.806. The minimum absolute atomic E-state index is 0.752.